The lowest BCUT2D eigenvalue weighted by atomic mass is 9.95. The number of fused-ring (bicyclic) bond motifs is 1. The van der Waals surface area contributed by atoms with Crippen LogP contribution in [0.15, 0.2) is 69.6 Å². The Balaban J connectivity index is 1.89. The minimum Gasteiger partial charge on any atom is -0.491 e. The summed E-state index contributed by atoms with van der Waals surface area (Å²) in [4.78, 5) is 32.1. The maximum atomic E-state index is 13.8. The second kappa shape index (κ2) is 11.3. The van der Waals surface area contributed by atoms with Gasteiger partial charge in [0.05, 0.1) is 28.5 Å². The van der Waals surface area contributed by atoms with Gasteiger partial charge in [0.1, 0.15) is 24.1 Å². The predicted octanol–water partition coefficient (Wildman–Crippen LogP) is 3.60. The molecular weight excluding hydrogens is 488 g/mol. The van der Waals surface area contributed by atoms with Gasteiger partial charge in [0.25, 0.3) is 5.56 Å². The number of rotatable bonds is 8. The fourth-order valence-corrected chi connectivity index (χ4v) is 5.14. The summed E-state index contributed by atoms with van der Waals surface area (Å²) in [5.41, 5.74) is 2.08. The molecule has 1 aliphatic rings. The molecule has 2 aromatic carbocycles. The molecule has 4 rings (SSSR count). The molecule has 2 heterocycles. The lowest BCUT2D eigenvalue weighted by Crippen LogP contribution is -2.40. The summed E-state index contributed by atoms with van der Waals surface area (Å²) in [5.74, 6) is 3.16. The van der Waals surface area contributed by atoms with Crippen molar-refractivity contribution in [3.8, 4) is 23.8 Å². The van der Waals surface area contributed by atoms with Crippen LogP contribution in [0.5, 0.6) is 11.5 Å². The van der Waals surface area contributed by atoms with E-state index in [0.717, 1.165) is 5.56 Å². The van der Waals surface area contributed by atoms with Gasteiger partial charge in [-0.05, 0) is 57.5 Å². The number of terminal acetylenes is 1. The van der Waals surface area contributed by atoms with Crippen molar-refractivity contribution in [2.45, 2.75) is 39.8 Å². The van der Waals surface area contributed by atoms with E-state index in [4.69, 9.17) is 20.6 Å². The molecule has 0 aliphatic carbocycles. The van der Waals surface area contributed by atoms with Crippen LogP contribution in [0.4, 0.5) is 0 Å². The average Bonchev–Trinajstić information content (AvgIpc) is 3.17. The number of carbonyl (C=O) groups excluding carboxylic acids is 1. The monoisotopic (exact) mass is 516 g/mol. The molecule has 3 aromatic rings. The van der Waals surface area contributed by atoms with Crippen LogP contribution >= 0.6 is 11.3 Å². The Kier molecular flexibility index (Phi) is 7.95. The molecule has 0 saturated heterocycles. The highest BCUT2D eigenvalue weighted by atomic mass is 32.1. The number of thiazole rings is 1. The molecule has 0 amide bonds. The Hall–Kier alpha value is -4.09. The third-order valence-corrected chi connectivity index (χ3v) is 6.58. The zero-order valence-corrected chi connectivity index (χ0v) is 22.0. The lowest BCUT2D eigenvalue weighted by molar-refractivity contribution is -0.139. The van der Waals surface area contributed by atoms with Crippen molar-refractivity contribution in [1.29, 1.82) is 0 Å². The Morgan fingerprint density at radius 3 is 2.62 bits per heavy atom. The third-order valence-electron chi connectivity index (χ3n) is 5.59. The van der Waals surface area contributed by atoms with E-state index < -0.39 is 12.0 Å². The molecule has 0 unspecified atom stereocenters. The van der Waals surface area contributed by atoms with Crippen LogP contribution in [0, 0.1) is 12.3 Å². The Morgan fingerprint density at radius 1 is 1.22 bits per heavy atom. The van der Waals surface area contributed by atoms with E-state index in [0.29, 0.717) is 37.7 Å². The predicted molar refractivity (Wildman–Crippen MR) is 143 cm³/mol. The van der Waals surface area contributed by atoms with E-state index in [1.54, 1.807) is 36.6 Å². The summed E-state index contributed by atoms with van der Waals surface area (Å²) >= 11 is 1.27. The van der Waals surface area contributed by atoms with Gasteiger partial charge in [-0.25, -0.2) is 9.79 Å². The first-order chi connectivity index (χ1) is 17.8. The molecule has 0 spiro atoms. The van der Waals surface area contributed by atoms with Crippen molar-refractivity contribution in [1.82, 2.24) is 4.57 Å². The van der Waals surface area contributed by atoms with Gasteiger partial charge >= 0.3 is 5.97 Å². The van der Waals surface area contributed by atoms with Crippen LogP contribution in [0.3, 0.4) is 0 Å². The molecule has 0 radical (unpaired) electrons. The van der Waals surface area contributed by atoms with E-state index in [2.05, 4.69) is 10.9 Å². The first kappa shape index (κ1) is 26.0. The molecule has 7 nitrogen and oxygen atoms in total. The number of benzene rings is 2. The number of nitrogens with zero attached hydrogens (tertiary/aromatic N) is 2. The fraction of sp³-hybridized carbons (Fsp3) is 0.276. The van der Waals surface area contributed by atoms with Crippen molar-refractivity contribution < 1.29 is 19.0 Å². The summed E-state index contributed by atoms with van der Waals surface area (Å²) in [7, 11) is 0. The summed E-state index contributed by atoms with van der Waals surface area (Å²) in [6.07, 6.45) is 6.95. The van der Waals surface area contributed by atoms with Gasteiger partial charge in [-0.3, -0.25) is 9.36 Å². The average molecular weight is 517 g/mol. The minimum atomic E-state index is -0.744. The molecule has 1 aliphatic heterocycles. The molecule has 8 heteroatoms. The van der Waals surface area contributed by atoms with Crippen molar-refractivity contribution >= 4 is 23.4 Å². The molecule has 0 N–H and O–H groups in total. The number of carbonyl (C=O) groups is 1. The molecule has 1 aromatic heterocycles. The van der Waals surface area contributed by atoms with Crippen molar-refractivity contribution in [2.75, 3.05) is 13.2 Å². The van der Waals surface area contributed by atoms with Crippen LogP contribution in [0.1, 0.15) is 44.9 Å². The smallest absolute Gasteiger partial charge is 0.338 e. The highest BCUT2D eigenvalue weighted by Gasteiger charge is 2.35. The molecule has 37 heavy (non-hydrogen) atoms. The van der Waals surface area contributed by atoms with Crippen molar-refractivity contribution in [3.63, 3.8) is 0 Å². The zero-order valence-electron chi connectivity index (χ0n) is 21.2. The van der Waals surface area contributed by atoms with Gasteiger partial charge in [0.2, 0.25) is 0 Å². The van der Waals surface area contributed by atoms with E-state index in [1.807, 2.05) is 50.2 Å². The number of hydrogen-bond acceptors (Lipinski definition) is 7. The fourth-order valence-electron chi connectivity index (χ4n) is 4.09. The van der Waals surface area contributed by atoms with Crippen LogP contribution in [0.25, 0.3) is 6.08 Å². The third kappa shape index (κ3) is 5.52. The normalized spacial score (nSPS) is 15.1. The van der Waals surface area contributed by atoms with E-state index in [-0.39, 0.29) is 24.9 Å². The van der Waals surface area contributed by atoms with Gasteiger partial charge in [0, 0.05) is 5.56 Å². The van der Waals surface area contributed by atoms with E-state index in [9.17, 15) is 9.59 Å². The van der Waals surface area contributed by atoms with Crippen LogP contribution in [-0.4, -0.2) is 29.9 Å². The number of aromatic nitrogens is 1. The van der Waals surface area contributed by atoms with Gasteiger partial charge < -0.3 is 14.2 Å². The standard InChI is InChI=1S/C29H28N2O5S/c1-6-16-35-21-14-12-20(13-15-21)17-24-27(32)31-26(22-10-8-9-11-23(22)36-18(3)4)25(28(33)34-7-2)19(5)30-29(31)37-24/h1,8-15,17-18,26H,7,16H2,2-5H3/b24-17+/t26-/m1/s1. The molecule has 0 saturated carbocycles. The number of para-hydroxylation sites is 1. The molecule has 1 atom stereocenters. The SMILES string of the molecule is C#CCOc1ccc(/C=c2/sc3n(c2=O)[C@H](c2ccccc2OC(C)C)C(C(=O)OCC)=C(C)N=3)cc1. The number of ether oxygens (including phenoxy) is 3. The first-order valence-corrected chi connectivity index (χ1v) is 12.8. The van der Waals surface area contributed by atoms with Crippen molar-refractivity contribution in [2.24, 2.45) is 4.99 Å². The van der Waals surface area contributed by atoms with Gasteiger partial charge in [-0.2, -0.15) is 0 Å². The highest BCUT2D eigenvalue weighted by Crippen LogP contribution is 2.36. The van der Waals surface area contributed by atoms with Gasteiger partial charge in [0.15, 0.2) is 4.80 Å². The quantitative estimate of drug-likeness (QED) is 0.338. The van der Waals surface area contributed by atoms with Crippen LogP contribution in [0.2, 0.25) is 0 Å². The lowest BCUT2D eigenvalue weighted by Gasteiger charge is -2.26. The maximum absolute atomic E-state index is 13.8. The Morgan fingerprint density at radius 2 is 1.95 bits per heavy atom. The summed E-state index contributed by atoms with van der Waals surface area (Å²) < 4.78 is 18.9. The van der Waals surface area contributed by atoms with Gasteiger partial charge in [-0.15, -0.1) is 6.42 Å². The Bertz CT molecular complexity index is 1560. The second-order valence-electron chi connectivity index (χ2n) is 8.57. The minimum absolute atomic E-state index is 0.0966. The molecule has 0 fully saturated rings. The van der Waals surface area contributed by atoms with Crippen LogP contribution < -0.4 is 24.4 Å². The summed E-state index contributed by atoms with van der Waals surface area (Å²) in [5, 5.41) is 0. The van der Waals surface area contributed by atoms with E-state index in [1.165, 1.54) is 11.3 Å². The zero-order chi connectivity index (χ0) is 26.5. The highest BCUT2D eigenvalue weighted by molar-refractivity contribution is 7.07. The second-order valence-corrected chi connectivity index (χ2v) is 9.58. The number of esters is 1. The summed E-state index contributed by atoms with van der Waals surface area (Å²) in [6.45, 7) is 7.75. The Labute approximate surface area is 219 Å². The summed E-state index contributed by atoms with van der Waals surface area (Å²) in [6, 6.07) is 14.0. The molecular formula is C29H28N2O5S. The molecule has 190 valence electrons. The van der Waals surface area contributed by atoms with E-state index >= 15 is 0 Å². The topological polar surface area (TPSA) is 79.1 Å². The largest absolute Gasteiger partial charge is 0.491 e. The molecule has 0 bridgehead atoms. The van der Waals surface area contributed by atoms with Crippen molar-refractivity contribution in [3.05, 3.63) is 90.6 Å². The first-order valence-electron chi connectivity index (χ1n) is 12.0. The van der Waals surface area contributed by atoms with Gasteiger partial charge in [-0.1, -0.05) is 47.6 Å². The number of hydrogen-bond donors (Lipinski definition) is 0. The number of allylic oxidation sites excluding steroid dienone is 1. The maximum Gasteiger partial charge on any atom is 0.338 e. The van der Waals surface area contributed by atoms with Crippen LogP contribution in [-0.2, 0) is 9.53 Å².